The van der Waals surface area contributed by atoms with E-state index in [1.54, 1.807) is 27.7 Å². The van der Waals surface area contributed by atoms with Gasteiger partial charge in [0, 0.05) is 17.6 Å². The molecular formula is C25H31N5O10. The number of hydrogen-bond donors (Lipinski definition) is 4. The van der Waals surface area contributed by atoms with Crippen molar-refractivity contribution < 1.29 is 43.5 Å². The fourth-order valence-electron chi connectivity index (χ4n) is 4.19. The van der Waals surface area contributed by atoms with Crippen molar-refractivity contribution in [2.24, 2.45) is 16.8 Å². The third kappa shape index (κ3) is 5.61. The van der Waals surface area contributed by atoms with Crippen LogP contribution in [0.4, 0.5) is 22.1 Å². The van der Waals surface area contributed by atoms with Crippen LogP contribution < -0.4 is 16.2 Å². The van der Waals surface area contributed by atoms with E-state index in [1.165, 1.54) is 24.0 Å². The summed E-state index contributed by atoms with van der Waals surface area (Å²) in [5.41, 5.74) is -2.58. The van der Waals surface area contributed by atoms with E-state index >= 15 is 0 Å². The SMILES string of the molecule is CC(C)C(=O)OCOC(=O)Nc1cc(=O)nc2c3c(n([C@@H]4O[C@H](COC(=O)C(C)C)[C@@H](O)[C@@]4(C)O)cc13)N=CN2. The number of rotatable bonds is 8. The average molecular weight is 562 g/mol. The number of ether oxygens (including phenoxy) is 4. The Bertz CT molecular complexity index is 1420. The van der Waals surface area contributed by atoms with Gasteiger partial charge in [0.2, 0.25) is 6.79 Å². The van der Waals surface area contributed by atoms with E-state index in [-0.39, 0.29) is 29.3 Å². The second-order valence-electron chi connectivity index (χ2n) is 10.2. The Morgan fingerprint density at radius 2 is 1.85 bits per heavy atom. The molecule has 2 aromatic rings. The number of nitrogens with one attached hydrogen (secondary N) is 2. The zero-order valence-electron chi connectivity index (χ0n) is 22.5. The van der Waals surface area contributed by atoms with E-state index < -0.39 is 66.3 Å². The van der Waals surface area contributed by atoms with Crippen molar-refractivity contribution >= 4 is 52.5 Å². The lowest BCUT2D eigenvalue weighted by molar-refractivity contribution is -0.155. The lowest BCUT2D eigenvalue weighted by Gasteiger charge is -2.28. The Balaban J connectivity index is 1.68. The normalized spacial score (nSPS) is 23.3. The highest BCUT2D eigenvalue weighted by Gasteiger charge is 2.54. The van der Waals surface area contributed by atoms with Crippen molar-refractivity contribution in [3.63, 3.8) is 0 Å². The molecule has 0 bridgehead atoms. The summed E-state index contributed by atoms with van der Waals surface area (Å²) in [6.07, 6.45) is -1.99. The van der Waals surface area contributed by atoms with Gasteiger partial charge in [-0.2, -0.15) is 4.98 Å². The predicted molar refractivity (Wildman–Crippen MR) is 140 cm³/mol. The summed E-state index contributed by atoms with van der Waals surface area (Å²) in [5.74, 6) is -1.54. The minimum Gasteiger partial charge on any atom is -0.463 e. The first-order valence-electron chi connectivity index (χ1n) is 12.5. The molecule has 0 saturated carbocycles. The van der Waals surface area contributed by atoms with Gasteiger partial charge in [0.25, 0.3) is 5.56 Å². The molecule has 216 valence electrons. The number of amides is 1. The number of aliphatic imine (C=N–C) groups is 1. The molecule has 2 aliphatic heterocycles. The molecule has 15 nitrogen and oxygen atoms in total. The molecule has 4 rings (SSSR count). The monoisotopic (exact) mass is 561 g/mol. The lowest BCUT2D eigenvalue weighted by atomic mass is 9.96. The van der Waals surface area contributed by atoms with Gasteiger partial charge < -0.3 is 39.0 Å². The van der Waals surface area contributed by atoms with Gasteiger partial charge in [-0.15, -0.1) is 0 Å². The maximum Gasteiger partial charge on any atom is 0.414 e. The van der Waals surface area contributed by atoms with Crippen molar-refractivity contribution in [1.82, 2.24) is 9.55 Å². The number of esters is 2. The van der Waals surface area contributed by atoms with Gasteiger partial charge in [0.1, 0.15) is 36.1 Å². The Hall–Kier alpha value is -4.08. The Morgan fingerprint density at radius 3 is 2.52 bits per heavy atom. The smallest absolute Gasteiger partial charge is 0.414 e. The summed E-state index contributed by atoms with van der Waals surface area (Å²) in [6.45, 7) is 6.98. The molecule has 1 amide bonds. The Kier molecular flexibility index (Phi) is 8.09. The molecule has 0 radical (unpaired) electrons. The van der Waals surface area contributed by atoms with E-state index in [0.717, 1.165) is 6.07 Å². The van der Waals surface area contributed by atoms with Crippen LogP contribution in [0.2, 0.25) is 0 Å². The third-order valence-corrected chi connectivity index (χ3v) is 6.38. The second kappa shape index (κ2) is 11.2. The van der Waals surface area contributed by atoms with Crippen molar-refractivity contribution in [3.8, 4) is 0 Å². The minimum absolute atomic E-state index is 0.0153. The maximum atomic E-state index is 12.5. The van der Waals surface area contributed by atoms with E-state index in [4.69, 9.17) is 18.9 Å². The van der Waals surface area contributed by atoms with Gasteiger partial charge >= 0.3 is 18.0 Å². The highest BCUT2D eigenvalue weighted by Crippen LogP contribution is 2.45. The van der Waals surface area contributed by atoms with Crippen molar-refractivity contribution in [2.75, 3.05) is 24.0 Å². The molecule has 1 fully saturated rings. The average Bonchev–Trinajstić information content (AvgIpc) is 3.32. The summed E-state index contributed by atoms with van der Waals surface area (Å²) < 4.78 is 22.3. The van der Waals surface area contributed by atoms with Gasteiger partial charge in [-0.05, 0) is 6.92 Å². The van der Waals surface area contributed by atoms with Crippen molar-refractivity contribution in [2.45, 2.75) is 58.7 Å². The molecule has 4 atom stereocenters. The van der Waals surface area contributed by atoms with Gasteiger partial charge in [0.05, 0.1) is 29.2 Å². The number of anilines is 2. The quantitative estimate of drug-likeness (QED) is 0.267. The number of carbonyl (C=O) groups excluding carboxylic acids is 3. The van der Waals surface area contributed by atoms with Crippen molar-refractivity contribution in [1.29, 1.82) is 0 Å². The number of carbonyl (C=O) groups is 3. The lowest BCUT2D eigenvalue weighted by Crippen LogP contribution is -2.44. The molecular weight excluding hydrogens is 530 g/mol. The van der Waals surface area contributed by atoms with Gasteiger partial charge in [0.15, 0.2) is 6.23 Å². The molecule has 4 N–H and O–H groups in total. The first kappa shape index (κ1) is 28.9. The van der Waals surface area contributed by atoms with Crippen molar-refractivity contribution in [3.05, 3.63) is 22.6 Å². The third-order valence-electron chi connectivity index (χ3n) is 6.38. The number of hydrogen-bond acceptors (Lipinski definition) is 13. The second-order valence-corrected chi connectivity index (χ2v) is 10.2. The van der Waals surface area contributed by atoms with Gasteiger partial charge in [-0.25, -0.2) is 9.79 Å². The molecule has 2 aliphatic rings. The summed E-state index contributed by atoms with van der Waals surface area (Å²) in [4.78, 5) is 56.8. The number of nitrogens with zero attached hydrogens (tertiary/aromatic N) is 3. The van der Waals surface area contributed by atoms with Gasteiger partial charge in [-0.1, -0.05) is 27.7 Å². The predicted octanol–water partition coefficient (Wildman–Crippen LogP) is 1.40. The van der Waals surface area contributed by atoms with E-state index in [0.29, 0.717) is 5.39 Å². The molecule has 2 aromatic heterocycles. The zero-order valence-corrected chi connectivity index (χ0v) is 22.5. The van der Waals surface area contributed by atoms with Crippen LogP contribution in [-0.2, 0) is 28.5 Å². The zero-order chi connectivity index (χ0) is 29.4. The first-order chi connectivity index (χ1) is 18.8. The van der Waals surface area contributed by atoms with Crippen LogP contribution in [0.3, 0.4) is 0 Å². The summed E-state index contributed by atoms with van der Waals surface area (Å²) in [6, 6.07) is 1.06. The largest absolute Gasteiger partial charge is 0.463 e. The molecule has 4 heterocycles. The number of aromatic nitrogens is 2. The molecule has 1 saturated heterocycles. The molecule has 0 spiro atoms. The fourth-order valence-corrected chi connectivity index (χ4v) is 4.19. The summed E-state index contributed by atoms with van der Waals surface area (Å²) in [5, 5.41) is 27.9. The molecule has 0 aliphatic carbocycles. The fraction of sp³-hybridized carbons (Fsp3) is 0.520. The number of aliphatic hydroxyl groups is 2. The Labute approximate surface area is 228 Å². The van der Waals surface area contributed by atoms with Crippen LogP contribution in [-0.4, -0.2) is 75.3 Å². The summed E-state index contributed by atoms with van der Waals surface area (Å²) in [7, 11) is 0. The van der Waals surface area contributed by atoms with E-state index in [1.807, 2.05) is 0 Å². The van der Waals surface area contributed by atoms with E-state index in [9.17, 15) is 29.4 Å². The highest BCUT2D eigenvalue weighted by atomic mass is 16.7. The van der Waals surface area contributed by atoms with Crippen LogP contribution in [0.5, 0.6) is 0 Å². The summed E-state index contributed by atoms with van der Waals surface area (Å²) >= 11 is 0. The van der Waals surface area contributed by atoms with Crippen LogP contribution >= 0.6 is 0 Å². The van der Waals surface area contributed by atoms with E-state index in [2.05, 4.69) is 20.6 Å². The molecule has 0 unspecified atom stereocenters. The van der Waals surface area contributed by atoms with Crippen LogP contribution in [0.15, 0.2) is 22.1 Å². The highest BCUT2D eigenvalue weighted by molar-refractivity contribution is 6.12. The Morgan fingerprint density at radius 1 is 1.18 bits per heavy atom. The molecule has 40 heavy (non-hydrogen) atoms. The molecule has 15 heteroatoms. The standard InChI is InChI=1S/C25H31N5O10/c1-11(2)21(33)37-8-15-18(32)25(5,36)23(40-15)30-7-13-14(28-24(35)39-10-38-22(34)12(3)4)6-16(31)29-19-17(13)20(30)27-9-26-19/h6-7,9,11-12,15,18,23,32,36H,8,10H2,1-5H3,(H,28,35)(H,26,27,29,31)/t15-,18-,23-,25-/m1/s1. The topological polar surface area (TPSA) is 200 Å². The number of aliphatic hydroxyl groups excluding tert-OH is 1. The minimum atomic E-state index is -1.87. The maximum absolute atomic E-state index is 12.5. The van der Waals surface area contributed by atoms with Crippen LogP contribution in [0, 0.1) is 11.8 Å². The van der Waals surface area contributed by atoms with Crippen LogP contribution in [0.25, 0.3) is 10.8 Å². The van der Waals surface area contributed by atoms with Crippen LogP contribution in [0.1, 0.15) is 40.8 Å². The first-order valence-corrected chi connectivity index (χ1v) is 12.5. The van der Waals surface area contributed by atoms with Gasteiger partial charge in [-0.3, -0.25) is 19.7 Å². The molecule has 0 aromatic carbocycles.